The van der Waals surface area contributed by atoms with Crippen LogP contribution in [0.25, 0.3) is 0 Å². The smallest absolute Gasteiger partial charge is 0.407 e. The zero-order valence-corrected chi connectivity index (χ0v) is 20.4. The van der Waals surface area contributed by atoms with Gasteiger partial charge in [-0.15, -0.1) is 0 Å². The molecule has 0 radical (unpaired) electrons. The number of alkyl carbamates (subject to hydrolysis) is 1. The normalized spacial score (nSPS) is 25.1. The predicted molar refractivity (Wildman–Crippen MR) is 127 cm³/mol. The fraction of sp³-hybridized carbons (Fsp3) is 0.692. The number of fused-ring (bicyclic) bond motifs is 1. The average molecular weight is 444 g/mol. The van der Waals surface area contributed by atoms with Gasteiger partial charge in [0, 0.05) is 32.7 Å². The molecule has 2 N–H and O–H groups in total. The molecule has 1 unspecified atom stereocenters. The summed E-state index contributed by atoms with van der Waals surface area (Å²) in [5.41, 5.74) is 1.50. The lowest BCUT2D eigenvalue weighted by Gasteiger charge is -2.28. The summed E-state index contributed by atoms with van der Waals surface area (Å²) in [6.07, 6.45) is 2.35. The Morgan fingerprint density at radius 3 is 2.53 bits per heavy atom. The fourth-order valence-corrected chi connectivity index (χ4v) is 5.67. The first-order chi connectivity index (χ1) is 15.1. The first kappa shape index (κ1) is 24.6. The number of benzene rings is 1. The van der Waals surface area contributed by atoms with Gasteiger partial charge in [-0.25, -0.2) is 4.79 Å². The van der Waals surface area contributed by atoms with E-state index in [1.807, 2.05) is 6.07 Å². The van der Waals surface area contributed by atoms with E-state index in [9.17, 15) is 9.59 Å². The first-order valence-electron chi connectivity index (χ1n) is 12.1. The predicted octanol–water partition coefficient (Wildman–Crippen LogP) is 4.20. The number of nitrogens with one attached hydrogen (secondary N) is 2. The third-order valence-corrected chi connectivity index (χ3v) is 6.83. The first-order valence-corrected chi connectivity index (χ1v) is 12.1. The molecule has 1 heterocycles. The molecule has 2 fully saturated rings. The Morgan fingerprint density at radius 1 is 1.16 bits per heavy atom. The molecule has 32 heavy (non-hydrogen) atoms. The van der Waals surface area contributed by atoms with Crippen LogP contribution in [-0.4, -0.2) is 49.2 Å². The molecule has 6 heteroatoms. The molecule has 6 nitrogen and oxygen atoms in total. The Kier molecular flexibility index (Phi) is 8.21. The Labute approximate surface area is 193 Å². The highest BCUT2D eigenvalue weighted by atomic mass is 16.6. The number of carbonyl (C=O) groups is 2. The summed E-state index contributed by atoms with van der Waals surface area (Å²) in [5.74, 6) is 1.22. The van der Waals surface area contributed by atoms with Crippen molar-refractivity contribution in [1.29, 1.82) is 0 Å². The van der Waals surface area contributed by atoms with Crippen LogP contribution in [0.2, 0.25) is 0 Å². The Morgan fingerprint density at radius 2 is 1.88 bits per heavy atom. The van der Waals surface area contributed by atoms with E-state index in [1.54, 1.807) is 0 Å². The zero-order chi connectivity index (χ0) is 23.3. The minimum absolute atomic E-state index is 0.151. The minimum atomic E-state index is -0.756. The van der Waals surface area contributed by atoms with E-state index < -0.39 is 12.2 Å². The van der Waals surface area contributed by atoms with Crippen LogP contribution in [0.5, 0.6) is 0 Å². The van der Waals surface area contributed by atoms with Crippen molar-refractivity contribution in [2.75, 3.05) is 20.1 Å². The van der Waals surface area contributed by atoms with Gasteiger partial charge in [0.15, 0.2) is 6.10 Å². The van der Waals surface area contributed by atoms with Gasteiger partial charge in [0.05, 0.1) is 0 Å². The summed E-state index contributed by atoms with van der Waals surface area (Å²) < 4.78 is 5.50. The highest BCUT2D eigenvalue weighted by Gasteiger charge is 2.43. The third kappa shape index (κ3) is 6.96. The highest BCUT2D eigenvalue weighted by Crippen LogP contribution is 2.39. The zero-order valence-electron chi connectivity index (χ0n) is 20.4. The van der Waals surface area contributed by atoms with E-state index in [0.717, 1.165) is 38.9 Å². The molecule has 1 saturated carbocycles. The molecule has 1 saturated heterocycles. The largest absolute Gasteiger partial charge is 0.436 e. The number of rotatable bonds is 8. The van der Waals surface area contributed by atoms with E-state index in [-0.39, 0.29) is 23.3 Å². The molecule has 178 valence electrons. The highest BCUT2D eigenvalue weighted by molar-refractivity contribution is 5.83. The van der Waals surface area contributed by atoms with Crippen LogP contribution in [0.4, 0.5) is 4.79 Å². The van der Waals surface area contributed by atoms with E-state index in [2.05, 4.69) is 67.5 Å². The third-order valence-electron chi connectivity index (χ3n) is 6.83. The number of carbonyl (C=O) groups excluding carboxylic acids is 2. The van der Waals surface area contributed by atoms with Crippen molar-refractivity contribution in [3.8, 4) is 0 Å². The van der Waals surface area contributed by atoms with Gasteiger partial charge in [0.1, 0.15) is 0 Å². The van der Waals surface area contributed by atoms with Crippen LogP contribution in [0.1, 0.15) is 58.9 Å². The number of amides is 2. The maximum absolute atomic E-state index is 13.2. The summed E-state index contributed by atoms with van der Waals surface area (Å²) in [7, 11) is 1.53. The monoisotopic (exact) mass is 443 g/mol. The maximum atomic E-state index is 13.2. The lowest BCUT2D eigenvalue weighted by Crippen LogP contribution is -2.47. The second-order valence-electron chi connectivity index (χ2n) is 11.0. The summed E-state index contributed by atoms with van der Waals surface area (Å²) >= 11 is 0. The second-order valence-corrected chi connectivity index (χ2v) is 11.0. The van der Waals surface area contributed by atoms with Gasteiger partial charge in [0.2, 0.25) is 0 Å². The van der Waals surface area contributed by atoms with Gasteiger partial charge < -0.3 is 15.4 Å². The molecule has 2 amide bonds. The SMILES string of the molecule is CNC(=O)O[C@@H](CC(C)CC(C)(C)C)C(=O)N[C@H]1CC[C@@H]2CN(Cc3ccccc3)C[C@@H]21. The van der Waals surface area contributed by atoms with Crippen molar-refractivity contribution in [2.24, 2.45) is 23.2 Å². The van der Waals surface area contributed by atoms with E-state index >= 15 is 0 Å². The van der Waals surface area contributed by atoms with Crippen molar-refractivity contribution >= 4 is 12.0 Å². The van der Waals surface area contributed by atoms with E-state index in [0.29, 0.717) is 18.3 Å². The van der Waals surface area contributed by atoms with Gasteiger partial charge in [-0.2, -0.15) is 0 Å². The number of nitrogens with zero attached hydrogens (tertiary/aromatic N) is 1. The number of likely N-dealkylation sites (tertiary alicyclic amines) is 1. The molecular weight excluding hydrogens is 402 g/mol. The lowest BCUT2D eigenvalue weighted by molar-refractivity contribution is -0.131. The van der Waals surface area contributed by atoms with Crippen molar-refractivity contribution in [2.45, 2.75) is 72.1 Å². The number of hydrogen-bond acceptors (Lipinski definition) is 4. The Bertz CT molecular complexity index is 761. The van der Waals surface area contributed by atoms with Crippen molar-refractivity contribution < 1.29 is 14.3 Å². The topological polar surface area (TPSA) is 70.7 Å². The average Bonchev–Trinajstić information content (AvgIpc) is 3.27. The Hall–Kier alpha value is -2.08. The van der Waals surface area contributed by atoms with E-state index in [1.165, 1.54) is 12.6 Å². The van der Waals surface area contributed by atoms with Gasteiger partial charge in [0.25, 0.3) is 5.91 Å². The molecule has 1 aromatic carbocycles. The minimum Gasteiger partial charge on any atom is -0.436 e. The second kappa shape index (κ2) is 10.7. The number of hydrogen-bond donors (Lipinski definition) is 2. The van der Waals surface area contributed by atoms with Crippen molar-refractivity contribution in [3.63, 3.8) is 0 Å². The van der Waals surface area contributed by atoms with Crippen LogP contribution < -0.4 is 10.6 Å². The van der Waals surface area contributed by atoms with Gasteiger partial charge in [-0.1, -0.05) is 58.0 Å². The van der Waals surface area contributed by atoms with Crippen molar-refractivity contribution in [3.05, 3.63) is 35.9 Å². The molecule has 1 aromatic rings. The molecule has 3 rings (SSSR count). The quantitative estimate of drug-likeness (QED) is 0.632. The van der Waals surface area contributed by atoms with Crippen molar-refractivity contribution in [1.82, 2.24) is 15.5 Å². The molecule has 0 spiro atoms. The van der Waals surface area contributed by atoms with Crippen LogP contribution >= 0.6 is 0 Å². The standard InChI is InChI=1S/C26H41N3O3/c1-18(14-26(2,3)4)13-23(32-25(31)27-5)24(30)28-22-12-11-20-16-29(17-21(20)22)15-19-9-7-6-8-10-19/h6-10,18,20-23H,11-17H2,1-5H3,(H,27,31)(H,28,30)/t18?,20-,21+,22+,23+/m1/s1. The molecule has 0 bridgehead atoms. The van der Waals surface area contributed by atoms with E-state index in [4.69, 9.17) is 4.74 Å². The summed E-state index contributed by atoms with van der Waals surface area (Å²) in [6.45, 7) is 11.8. The van der Waals surface area contributed by atoms with Gasteiger partial charge >= 0.3 is 6.09 Å². The number of ether oxygens (including phenoxy) is 1. The van der Waals surface area contributed by atoms with Crippen LogP contribution in [0.3, 0.4) is 0 Å². The fourth-order valence-electron chi connectivity index (χ4n) is 5.67. The maximum Gasteiger partial charge on any atom is 0.407 e. The summed E-state index contributed by atoms with van der Waals surface area (Å²) in [5, 5.41) is 5.75. The summed E-state index contributed by atoms with van der Waals surface area (Å²) in [6, 6.07) is 10.7. The molecule has 0 aromatic heterocycles. The van der Waals surface area contributed by atoms with Crippen LogP contribution in [0, 0.1) is 23.2 Å². The Balaban J connectivity index is 1.58. The lowest BCUT2D eigenvalue weighted by atomic mass is 9.83. The summed E-state index contributed by atoms with van der Waals surface area (Å²) in [4.78, 5) is 27.6. The van der Waals surface area contributed by atoms with Crippen LogP contribution in [0.15, 0.2) is 30.3 Å². The molecule has 1 aliphatic heterocycles. The van der Waals surface area contributed by atoms with Crippen LogP contribution in [-0.2, 0) is 16.1 Å². The molecule has 1 aliphatic carbocycles. The van der Waals surface area contributed by atoms with Gasteiger partial charge in [-0.05, 0) is 54.4 Å². The molecular formula is C26H41N3O3. The molecule has 5 atom stereocenters. The molecule has 2 aliphatic rings. The van der Waals surface area contributed by atoms with Gasteiger partial charge in [-0.3, -0.25) is 9.69 Å².